The maximum Gasteiger partial charge on any atom is 0.316 e. The van der Waals surface area contributed by atoms with Crippen LogP contribution in [0.2, 0.25) is 0 Å². The SMILES string of the molecule is Cc1nc(O)nc(N)c1O. The largest absolute Gasteiger partial charge is 0.503 e. The Morgan fingerprint density at radius 3 is 2.40 bits per heavy atom. The Kier molecular flexibility index (Phi) is 1.33. The van der Waals surface area contributed by atoms with Gasteiger partial charge in [0, 0.05) is 0 Å². The molecule has 0 aliphatic carbocycles. The maximum absolute atomic E-state index is 8.97. The zero-order valence-electron chi connectivity index (χ0n) is 5.37. The molecule has 1 aromatic rings. The van der Waals surface area contributed by atoms with Crippen molar-refractivity contribution in [1.82, 2.24) is 9.97 Å². The summed E-state index contributed by atoms with van der Waals surface area (Å²) in [5.74, 6) is -0.289. The minimum atomic E-state index is -0.423. The van der Waals surface area contributed by atoms with E-state index >= 15 is 0 Å². The zero-order chi connectivity index (χ0) is 7.72. The van der Waals surface area contributed by atoms with Crippen molar-refractivity contribution in [2.45, 2.75) is 6.92 Å². The second-order valence-corrected chi connectivity index (χ2v) is 1.84. The Morgan fingerprint density at radius 2 is 1.90 bits per heavy atom. The predicted octanol–water partition coefficient (Wildman–Crippen LogP) is -0.222. The van der Waals surface area contributed by atoms with Crippen LogP contribution in [-0.4, -0.2) is 20.2 Å². The van der Waals surface area contributed by atoms with Crippen molar-refractivity contribution in [3.8, 4) is 11.8 Å². The van der Waals surface area contributed by atoms with Crippen LogP contribution in [-0.2, 0) is 0 Å². The minimum Gasteiger partial charge on any atom is -0.503 e. The summed E-state index contributed by atoms with van der Waals surface area (Å²) in [6.07, 6.45) is 0. The fourth-order valence-corrected chi connectivity index (χ4v) is 0.574. The van der Waals surface area contributed by atoms with Gasteiger partial charge >= 0.3 is 6.01 Å². The highest BCUT2D eigenvalue weighted by molar-refractivity contribution is 5.47. The summed E-state index contributed by atoms with van der Waals surface area (Å²) in [5.41, 5.74) is 5.43. The zero-order valence-corrected chi connectivity index (χ0v) is 5.37. The maximum atomic E-state index is 8.97. The number of nitrogen functional groups attached to an aromatic ring is 1. The summed E-state index contributed by atoms with van der Waals surface area (Å²) < 4.78 is 0. The van der Waals surface area contributed by atoms with Gasteiger partial charge < -0.3 is 15.9 Å². The number of aromatic nitrogens is 2. The molecule has 0 radical (unpaired) electrons. The average Bonchev–Trinajstić information content (AvgIpc) is 1.82. The van der Waals surface area contributed by atoms with E-state index < -0.39 is 6.01 Å². The van der Waals surface area contributed by atoms with E-state index in [1.807, 2.05) is 0 Å². The molecule has 0 unspecified atom stereocenters. The first-order chi connectivity index (χ1) is 4.61. The first kappa shape index (κ1) is 6.60. The molecule has 4 N–H and O–H groups in total. The number of hydrogen-bond donors (Lipinski definition) is 3. The molecule has 0 aliphatic rings. The van der Waals surface area contributed by atoms with Crippen LogP contribution in [0.4, 0.5) is 5.82 Å². The monoisotopic (exact) mass is 141 g/mol. The first-order valence-electron chi connectivity index (χ1n) is 2.63. The molecule has 1 aromatic heterocycles. The van der Waals surface area contributed by atoms with Crippen molar-refractivity contribution in [1.29, 1.82) is 0 Å². The molecule has 0 saturated carbocycles. The van der Waals surface area contributed by atoms with E-state index in [-0.39, 0.29) is 17.3 Å². The minimum absolute atomic E-state index is 0.106. The van der Waals surface area contributed by atoms with Crippen molar-refractivity contribution in [3.63, 3.8) is 0 Å². The quantitative estimate of drug-likeness (QED) is 0.464. The van der Waals surface area contributed by atoms with E-state index in [9.17, 15) is 0 Å². The van der Waals surface area contributed by atoms with Gasteiger partial charge in [-0.3, -0.25) is 0 Å². The Morgan fingerprint density at radius 1 is 1.30 bits per heavy atom. The molecule has 10 heavy (non-hydrogen) atoms. The lowest BCUT2D eigenvalue weighted by molar-refractivity contribution is 0.416. The fourth-order valence-electron chi connectivity index (χ4n) is 0.574. The van der Waals surface area contributed by atoms with Gasteiger partial charge in [0.05, 0.1) is 5.69 Å². The summed E-state index contributed by atoms with van der Waals surface area (Å²) >= 11 is 0. The van der Waals surface area contributed by atoms with Crippen LogP contribution in [0.15, 0.2) is 0 Å². The Hall–Kier alpha value is -1.52. The lowest BCUT2D eigenvalue weighted by Gasteiger charge is -1.99. The van der Waals surface area contributed by atoms with Gasteiger partial charge in [0.25, 0.3) is 0 Å². The summed E-state index contributed by atoms with van der Waals surface area (Å²) in [6.45, 7) is 1.52. The summed E-state index contributed by atoms with van der Waals surface area (Å²) in [6, 6.07) is -0.423. The Bertz CT molecular complexity index is 238. The van der Waals surface area contributed by atoms with E-state index in [0.29, 0.717) is 0 Å². The van der Waals surface area contributed by atoms with Crippen LogP contribution in [0.25, 0.3) is 0 Å². The van der Waals surface area contributed by atoms with E-state index in [0.717, 1.165) is 0 Å². The number of aromatic hydroxyl groups is 2. The second kappa shape index (κ2) is 2.02. The van der Waals surface area contributed by atoms with Gasteiger partial charge in [-0.25, -0.2) is 0 Å². The van der Waals surface area contributed by atoms with Crippen LogP contribution >= 0.6 is 0 Å². The highest BCUT2D eigenvalue weighted by Gasteiger charge is 2.04. The normalized spacial score (nSPS) is 9.70. The second-order valence-electron chi connectivity index (χ2n) is 1.84. The topological polar surface area (TPSA) is 92.3 Å². The van der Waals surface area contributed by atoms with Gasteiger partial charge in [0.2, 0.25) is 0 Å². The Labute approximate surface area is 57.2 Å². The summed E-state index contributed by atoms with van der Waals surface area (Å²) in [7, 11) is 0. The molecule has 54 valence electrons. The van der Waals surface area contributed by atoms with E-state index in [1.165, 1.54) is 6.92 Å². The third kappa shape index (κ3) is 0.928. The molecule has 0 atom stereocenters. The summed E-state index contributed by atoms with van der Waals surface area (Å²) in [5, 5.41) is 17.7. The third-order valence-electron chi connectivity index (χ3n) is 1.07. The number of anilines is 1. The molecule has 0 fully saturated rings. The van der Waals surface area contributed by atoms with Gasteiger partial charge in [0.1, 0.15) is 0 Å². The molecule has 0 saturated heterocycles. The Balaban J connectivity index is 3.31. The van der Waals surface area contributed by atoms with E-state index in [4.69, 9.17) is 15.9 Å². The van der Waals surface area contributed by atoms with Gasteiger partial charge in [-0.15, -0.1) is 0 Å². The van der Waals surface area contributed by atoms with Crippen LogP contribution in [0.3, 0.4) is 0 Å². The number of hydrogen-bond acceptors (Lipinski definition) is 5. The van der Waals surface area contributed by atoms with Crippen LogP contribution in [0.1, 0.15) is 5.69 Å². The van der Waals surface area contributed by atoms with Gasteiger partial charge in [0.15, 0.2) is 11.6 Å². The number of aryl methyl sites for hydroxylation is 1. The average molecular weight is 141 g/mol. The van der Waals surface area contributed by atoms with Crippen LogP contribution in [0.5, 0.6) is 11.8 Å². The van der Waals surface area contributed by atoms with Crippen molar-refractivity contribution in [3.05, 3.63) is 5.69 Å². The van der Waals surface area contributed by atoms with Gasteiger partial charge in [-0.1, -0.05) is 0 Å². The van der Waals surface area contributed by atoms with Gasteiger partial charge in [-0.2, -0.15) is 9.97 Å². The third-order valence-corrected chi connectivity index (χ3v) is 1.07. The lowest BCUT2D eigenvalue weighted by Crippen LogP contribution is -1.94. The highest BCUT2D eigenvalue weighted by Crippen LogP contribution is 2.21. The molecule has 0 amide bonds. The lowest BCUT2D eigenvalue weighted by atomic mass is 10.4. The molecule has 5 nitrogen and oxygen atoms in total. The van der Waals surface area contributed by atoms with Crippen LogP contribution in [0, 0.1) is 6.92 Å². The van der Waals surface area contributed by atoms with Gasteiger partial charge in [-0.05, 0) is 6.92 Å². The number of nitrogens with two attached hydrogens (primary N) is 1. The van der Waals surface area contributed by atoms with Crippen molar-refractivity contribution >= 4 is 5.82 Å². The highest BCUT2D eigenvalue weighted by atomic mass is 16.3. The van der Waals surface area contributed by atoms with Crippen molar-refractivity contribution in [2.75, 3.05) is 5.73 Å². The predicted molar refractivity (Wildman–Crippen MR) is 34.5 cm³/mol. The molecule has 0 aromatic carbocycles. The molecular formula is C5H7N3O2. The fraction of sp³-hybridized carbons (Fsp3) is 0.200. The summed E-state index contributed by atoms with van der Waals surface area (Å²) in [4.78, 5) is 6.75. The molecule has 0 bridgehead atoms. The smallest absolute Gasteiger partial charge is 0.316 e. The van der Waals surface area contributed by atoms with Crippen LogP contribution < -0.4 is 5.73 Å². The molecule has 0 aliphatic heterocycles. The first-order valence-corrected chi connectivity index (χ1v) is 2.63. The van der Waals surface area contributed by atoms with Crippen molar-refractivity contribution in [2.24, 2.45) is 0 Å². The standard InChI is InChI=1S/C5H7N3O2/c1-2-3(9)4(6)8-5(10)7-2/h9H,1H3,(H3,6,7,8,10). The van der Waals surface area contributed by atoms with E-state index in [2.05, 4.69) is 9.97 Å². The number of rotatable bonds is 0. The van der Waals surface area contributed by atoms with E-state index in [1.54, 1.807) is 0 Å². The molecule has 1 heterocycles. The molecular weight excluding hydrogens is 134 g/mol. The van der Waals surface area contributed by atoms with Crippen molar-refractivity contribution < 1.29 is 10.2 Å². The molecule has 5 heteroatoms. The molecule has 1 rings (SSSR count). The number of nitrogens with zero attached hydrogens (tertiary/aromatic N) is 2. The molecule has 0 spiro atoms.